The van der Waals surface area contributed by atoms with Gasteiger partial charge in [0.25, 0.3) is 11.8 Å². The Morgan fingerprint density at radius 3 is 2.65 bits per heavy atom. The van der Waals surface area contributed by atoms with Crippen LogP contribution >= 0.6 is 0 Å². The van der Waals surface area contributed by atoms with Gasteiger partial charge >= 0.3 is 0 Å². The molecule has 2 aliphatic carbocycles. The number of nitrogens with zero attached hydrogens (tertiary/aromatic N) is 5. The fraction of sp³-hybridized carbons (Fsp3) is 0.459. The Kier molecular flexibility index (Phi) is 9.27. The summed E-state index contributed by atoms with van der Waals surface area (Å²) in [5.41, 5.74) is -0.283. The van der Waals surface area contributed by atoms with Gasteiger partial charge in [-0.2, -0.15) is 10.1 Å². The minimum atomic E-state index is -3.90. The van der Waals surface area contributed by atoms with Crippen LogP contribution in [0.25, 0.3) is 21.8 Å². The van der Waals surface area contributed by atoms with Gasteiger partial charge in [-0.15, -0.1) is 0 Å². The minimum absolute atomic E-state index is 0.0266. The summed E-state index contributed by atoms with van der Waals surface area (Å²) in [4.78, 5) is 70.6. The van der Waals surface area contributed by atoms with Crippen molar-refractivity contribution >= 4 is 55.5 Å². The number of hydrogen-bond donors (Lipinski definition) is 4. The molecule has 3 aromatic heterocycles. The number of aryl methyl sites for hydroxylation is 1. The maximum atomic E-state index is 14.6. The molecule has 17 heteroatoms. The topological polar surface area (TPSA) is 218 Å². The van der Waals surface area contributed by atoms with E-state index in [2.05, 4.69) is 40.5 Å². The van der Waals surface area contributed by atoms with E-state index in [1.54, 1.807) is 19.2 Å². The van der Waals surface area contributed by atoms with E-state index in [0.29, 0.717) is 48.8 Å². The van der Waals surface area contributed by atoms with Crippen molar-refractivity contribution in [3.05, 3.63) is 66.4 Å². The summed E-state index contributed by atoms with van der Waals surface area (Å²) in [6.07, 6.45) is 10.5. The molecule has 2 aliphatic heterocycles. The van der Waals surface area contributed by atoms with Crippen LogP contribution in [0.15, 0.2) is 55.0 Å². The van der Waals surface area contributed by atoms with Gasteiger partial charge in [-0.3, -0.25) is 29.0 Å². The van der Waals surface area contributed by atoms with Gasteiger partial charge in [0.05, 0.1) is 11.8 Å². The summed E-state index contributed by atoms with van der Waals surface area (Å²) in [6.45, 7) is 1.74. The average molecular weight is 756 g/mol. The Morgan fingerprint density at radius 1 is 1.06 bits per heavy atom. The highest BCUT2D eigenvalue weighted by Crippen LogP contribution is 2.46. The van der Waals surface area contributed by atoms with Crippen LogP contribution in [0.5, 0.6) is 5.88 Å². The number of amides is 4. The van der Waals surface area contributed by atoms with Crippen molar-refractivity contribution in [3.8, 4) is 5.88 Å². The highest BCUT2D eigenvalue weighted by atomic mass is 32.2. The van der Waals surface area contributed by atoms with E-state index in [4.69, 9.17) is 4.74 Å². The first-order valence-electron chi connectivity index (χ1n) is 18.4. The third kappa shape index (κ3) is 6.99. The SMILES string of the molecule is Cc1cc(C(=O)N[C@H]2CCCCCC=C[C@@H]3C[C@@]3(C(=O)NS(=O)(=O)C3CC3)NC(=O)[C@@H]3C[C@@H](Oc4nc5ncncc5c5ccccc45)CN3C2=O)n[nH]1. The van der Waals surface area contributed by atoms with Crippen LogP contribution in [0.2, 0.25) is 0 Å². The first-order chi connectivity index (χ1) is 26.0. The zero-order valence-corrected chi connectivity index (χ0v) is 30.5. The summed E-state index contributed by atoms with van der Waals surface area (Å²) in [7, 11) is -3.90. The van der Waals surface area contributed by atoms with Crippen molar-refractivity contribution in [2.24, 2.45) is 5.92 Å². The maximum absolute atomic E-state index is 14.6. The number of carbonyl (C=O) groups excluding carboxylic acids is 4. The molecule has 8 rings (SSSR count). The third-order valence-corrected chi connectivity index (χ3v) is 12.5. The number of fused-ring (bicyclic) bond motifs is 5. The molecule has 5 heterocycles. The van der Waals surface area contributed by atoms with Gasteiger partial charge in [0.1, 0.15) is 35.7 Å². The maximum Gasteiger partial charge on any atom is 0.272 e. The van der Waals surface area contributed by atoms with Crippen LogP contribution in [0, 0.1) is 12.8 Å². The molecule has 1 aromatic carbocycles. The van der Waals surface area contributed by atoms with E-state index in [0.717, 1.165) is 23.6 Å². The van der Waals surface area contributed by atoms with Crippen LogP contribution in [-0.2, 0) is 24.4 Å². The molecular formula is C37H41N9O7S. The molecule has 282 valence electrons. The second-order valence-electron chi connectivity index (χ2n) is 14.7. The van der Waals surface area contributed by atoms with Gasteiger partial charge < -0.3 is 20.3 Å². The van der Waals surface area contributed by atoms with Crippen LogP contribution in [0.4, 0.5) is 0 Å². The summed E-state index contributed by atoms with van der Waals surface area (Å²) in [5.74, 6) is -2.60. The lowest BCUT2D eigenvalue weighted by molar-refractivity contribution is -0.141. The van der Waals surface area contributed by atoms with E-state index < -0.39 is 68.5 Å². The Bertz CT molecular complexity index is 2290. The van der Waals surface area contributed by atoms with Crippen molar-refractivity contribution in [1.29, 1.82) is 0 Å². The summed E-state index contributed by atoms with van der Waals surface area (Å²) in [6, 6.07) is 6.98. The van der Waals surface area contributed by atoms with Gasteiger partial charge in [-0.05, 0) is 63.0 Å². The molecule has 16 nitrogen and oxygen atoms in total. The molecule has 4 aromatic rings. The van der Waals surface area contributed by atoms with Gasteiger partial charge in [0.2, 0.25) is 27.7 Å². The standard InChI is InChI=1S/C37H41N9O7S/c1-21-15-29(44-43-21)32(47)40-28-12-6-4-2-3-5-9-22-17-37(22,36(50)45-54(51,52)24-13-14-24)42-33(48)30-16-23(19-46(30)35(28)49)53-34-26-11-8-7-10-25(26)27-18-38-20-39-31(27)41-34/h5,7-11,15,18,20,22-24,28,30H,2-4,6,12-14,16-17,19H2,1H3,(H,40,47)(H,42,48)(H,43,44)(H,45,50)/t22-,23-,28+,30+,37-/m1/s1. The number of allylic oxidation sites excluding steroid dienone is 1. The van der Waals surface area contributed by atoms with Crippen LogP contribution in [0.1, 0.15) is 74.0 Å². The number of pyridine rings is 1. The number of aromatic nitrogens is 5. The number of carbonyl (C=O) groups is 4. The van der Waals surface area contributed by atoms with Crippen LogP contribution in [0.3, 0.4) is 0 Å². The van der Waals surface area contributed by atoms with E-state index in [1.165, 1.54) is 11.2 Å². The molecule has 5 atom stereocenters. The predicted octanol–water partition coefficient (Wildman–Crippen LogP) is 2.36. The number of sulfonamides is 1. The number of H-pyrrole nitrogens is 1. The van der Waals surface area contributed by atoms with Crippen molar-refractivity contribution in [2.75, 3.05) is 6.54 Å². The zero-order valence-electron chi connectivity index (χ0n) is 29.7. The molecule has 4 amide bonds. The molecule has 0 bridgehead atoms. The Labute approximate surface area is 311 Å². The van der Waals surface area contributed by atoms with Crippen molar-refractivity contribution < 1.29 is 32.3 Å². The third-order valence-electron chi connectivity index (χ3n) is 10.7. The fourth-order valence-electron chi connectivity index (χ4n) is 7.52. The Balaban J connectivity index is 1.12. The summed E-state index contributed by atoms with van der Waals surface area (Å²) < 4.78 is 34.4. The lowest BCUT2D eigenvalue weighted by Crippen LogP contribution is -2.58. The van der Waals surface area contributed by atoms with Crippen molar-refractivity contribution in [2.45, 2.75) is 93.7 Å². The lowest BCUT2D eigenvalue weighted by atomic mass is 10.0. The normalized spacial score (nSPS) is 26.3. The molecule has 0 unspecified atom stereocenters. The van der Waals surface area contributed by atoms with E-state index in [9.17, 15) is 27.6 Å². The first-order valence-corrected chi connectivity index (χ1v) is 19.9. The van der Waals surface area contributed by atoms with Crippen molar-refractivity contribution in [3.63, 3.8) is 0 Å². The molecule has 3 fully saturated rings. The Hall–Kier alpha value is -5.45. The number of hydrogen-bond acceptors (Lipinski definition) is 11. The first kappa shape index (κ1) is 35.6. The average Bonchev–Trinajstić information content (AvgIpc) is 4.05. The smallest absolute Gasteiger partial charge is 0.272 e. The monoisotopic (exact) mass is 755 g/mol. The molecule has 0 radical (unpaired) electrons. The number of rotatable bonds is 7. The van der Waals surface area contributed by atoms with Crippen LogP contribution in [-0.4, -0.2) is 97.6 Å². The highest BCUT2D eigenvalue weighted by molar-refractivity contribution is 7.91. The van der Waals surface area contributed by atoms with Gasteiger partial charge in [0.15, 0.2) is 5.65 Å². The largest absolute Gasteiger partial charge is 0.472 e. The van der Waals surface area contributed by atoms with Gasteiger partial charge in [-0.25, -0.2) is 18.4 Å². The molecular weight excluding hydrogens is 715 g/mol. The second-order valence-corrected chi connectivity index (χ2v) is 16.6. The second kappa shape index (κ2) is 14.1. The molecule has 2 saturated carbocycles. The number of ether oxygens (including phenoxy) is 1. The minimum Gasteiger partial charge on any atom is -0.472 e. The quantitative estimate of drug-likeness (QED) is 0.159. The van der Waals surface area contributed by atoms with Gasteiger partial charge in [0, 0.05) is 35.0 Å². The van der Waals surface area contributed by atoms with E-state index >= 15 is 0 Å². The lowest BCUT2D eigenvalue weighted by Gasteiger charge is -2.29. The summed E-state index contributed by atoms with van der Waals surface area (Å²) in [5, 5.41) is 14.2. The van der Waals surface area contributed by atoms with Gasteiger partial charge in [-0.1, -0.05) is 43.2 Å². The highest BCUT2D eigenvalue weighted by Gasteiger charge is 2.62. The molecule has 4 aliphatic rings. The van der Waals surface area contributed by atoms with Crippen LogP contribution < -0.4 is 20.1 Å². The number of nitrogens with one attached hydrogen (secondary N) is 4. The fourth-order valence-corrected chi connectivity index (χ4v) is 8.89. The molecule has 1 saturated heterocycles. The molecule has 54 heavy (non-hydrogen) atoms. The zero-order chi connectivity index (χ0) is 37.6. The molecule has 0 spiro atoms. The number of benzene rings is 1. The van der Waals surface area contributed by atoms with Crippen molar-refractivity contribution in [1.82, 2.24) is 45.4 Å². The van der Waals surface area contributed by atoms with E-state index in [-0.39, 0.29) is 31.0 Å². The van der Waals surface area contributed by atoms with E-state index in [1.807, 2.05) is 36.4 Å². The molecule has 4 N–H and O–H groups in total. The number of aromatic amines is 1. The Morgan fingerprint density at radius 2 is 1.87 bits per heavy atom. The summed E-state index contributed by atoms with van der Waals surface area (Å²) >= 11 is 0. The predicted molar refractivity (Wildman–Crippen MR) is 195 cm³/mol.